The second-order valence-corrected chi connectivity index (χ2v) is 3.09. The van der Waals surface area contributed by atoms with Crippen LogP contribution in [-0.4, -0.2) is 21.7 Å². The minimum absolute atomic E-state index is 0.0348. The standard InChI is InChI=1S/C8H11BrN2O2/c1-3-5-6(12)7(13-4-2)11-8(9)10-5/h12H,3-4H2,1-2H3. The Kier molecular flexibility index (Phi) is 3.48. The summed E-state index contributed by atoms with van der Waals surface area (Å²) >= 11 is 3.14. The third-order valence-electron chi connectivity index (χ3n) is 1.51. The van der Waals surface area contributed by atoms with E-state index in [1.807, 2.05) is 13.8 Å². The van der Waals surface area contributed by atoms with Crippen LogP contribution in [0.1, 0.15) is 19.5 Å². The molecule has 0 radical (unpaired) electrons. The van der Waals surface area contributed by atoms with Crippen LogP contribution in [0.3, 0.4) is 0 Å². The number of ether oxygens (including phenoxy) is 1. The lowest BCUT2D eigenvalue weighted by atomic mass is 10.3. The monoisotopic (exact) mass is 246 g/mol. The Morgan fingerprint density at radius 2 is 2.08 bits per heavy atom. The summed E-state index contributed by atoms with van der Waals surface area (Å²) in [4.78, 5) is 7.91. The van der Waals surface area contributed by atoms with E-state index in [0.717, 1.165) is 0 Å². The molecule has 0 aliphatic heterocycles. The third-order valence-corrected chi connectivity index (χ3v) is 1.87. The first-order valence-corrected chi connectivity index (χ1v) is 4.86. The van der Waals surface area contributed by atoms with E-state index in [4.69, 9.17) is 4.74 Å². The Morgan fingerprint density at radius 1 is 1.38 bits per heavy atom. The summed E-state index contributed by atoms with van der Waals surface area (Å²) in [5.74, 6) is 0.272. The molecule has 0 aromatic carbocycles. The first kappa shape index (κ1) is 10.2. The van der Waals surface area contributed by atoms with E-state index in [9.17, 15) is 5.11 Å². The van der Waals surface area contributed by atoms with Gasteiger partial charge in [-0.15, -0.1) is 0 Å². The van der Waals surface area contributed by atoms with Crippen LogP contribution in [0.25, 0.3) is 0 Å². The summed E-state index contributed by atoms with van der Waals surface area (Å²) in [7, 11) is 0. The smallest absolute Gasteiger partial charge is 0.261 e. The number of hydrogen-bond acceptors (Lipinski definition) is 4. The van der Waals surface area contributed by atoms with Gasteiger partial charge in [0.25, 0.3) is 5.88 Å². The largest absolute Gasteiger partial charge is 0.502 e. The van der Waals surface area contributed by atoms with Gasteiger partial charge in [-0.25, -0.2) is 4.98 Å². The van der Waals surface area contributed by atoms with Gasteiger partial charge in [0.1, 0.15) is 0 Å². The Bertz CT molecular complexity index is 304. The second-order valence-electron chi connectivity index (χ2n) is 2.38. The zero-order valence-corrected chi connectivity index (χ0v) is 9.13. The number of rotatable bonds is 3. The molecule has 0 saturated heterocycles. The highest BCUT2D eigenvalue weighted by molar-refractivity contribution is 9.10. The maximum atomic E-state index is 9.57. The molecule has 0 unspecified atom stereocenters. The number of aromatic nitrogens is 2. The van der Waals surface area contributed by atoms with Gasteiger partial charge in [0.05, 0.1) is 12.3 Å². The van der Waals surface area contributed by atoms with Gasteiger partial charge in [-0.2, -0.15) is 4.98 Å². The third kappa shape index (κ3) is 2.30. The van der Waals surface area contributed by atoms with Crippen molar-refractivity contribution in [1.82, 2.24) is 9.97 Å². The van der Waals surface area contributed by atoms with E-state index in [1.54, 1.807) is 0 Å². The number of nitrogens with zero attached hydrogens (tertiary/aromatic N) is 2. The summed E-state index contributed by atoms with van der Waals surface area (Å²) < 4.78 is 5.56. The van der Waals surface area contributed by atoms with E-state index in [-0.39, 0.29) is 11.6 Å². The maximum absolute atomic E-state index is 9.57. The van der Waals surface area contributed by atoms with Gasteiger partial charge in [0.2, 0.25) is 5.75 Å². The molecule has 5 heteroatoms. The van der Waals surface area contributed by atoms with Crippen LogP contribution in [0.2, 0.25) is 0 Å². The Hall–Kier alpha value is -0.840. The van der Waals surface area contributed by atoms with Crippen LogP contribution in [-0.2, 0) is 6.42 Å². The van der Waals surface area contributed by atoms with Crippen molar-refractivity contribution >= 4 is 15.9 Å². The molecule has 4 nitrogen and oxygen atoms in total. The van der Waals surface area contributed by atoms with Gasteiger partial charge in [-0.05, 0) is 29.3 Å². The number of aromatic hydroxyl groups is 1. The van der Waals surface area contributed by atoms with Crippen molar-refractivity contribution in [1.29, 1.82) is 0 Å². The van der Waals surface area contributed by atoms with Crippen molar-refractivity contribution in [3.63, 3.8) is 0 Å². The quantitative estimate of drug-likeness (QED) is 0.829. The molecule has 0 fully saturated rings. The number of halogens is 1. The molecular weight excluding hydrogens is 236 g/mol. The molecule has 1 aromatic rings. The minimum Gasteiger partial charge on any atom is -0.502 e. The fraction of sp³-hybridized carbons (Fsp3) is 0.500. The zero-order chi connectivity index (χ0) is 9.84. The summed E-state index contributed by atoms with van der Waals surface area (Å²) in [6.45, 7) is 4.21. The predicted octanol–water partition coefficient (Wildman–Crippen LogP) is 1.91. The lowest BCUT2D eigenvalue weighted by Gasteiger charge is -2.07. The van der Waals surface area contributed by atoms with Crippen LogP contribution in [0.5, 0.6) is 11.6 Å². The average Bonchev–Trinajstić information content (AvgIpc) is 2.11. The average molecular weight is 247 g/mol. The lowest BCUT2D eigenvalue weighted by molar-refractivity contribution is 0.300. The molecule has 72 valence electrons. The first-order valence-electron chi connectivity index (χ1n) is 4.07. The van der Waals surface area contributed by atoms with E-state index < -0.39 is 0 Å². The zero-order valence-electron chi connectivity index (χ0n) is 7.54. The van der Waals surface area contributed by atoms with E-state index in [2.05, 4.69) is 25.9 Å². The predicted molar refractivity (Wildman–Crippen MR) is 51.9 cm³/mol. The highest BCUT2D eigenvalue weighted by Gasteiger charge is 2.11. The van der Waals surface area contributed by atoms with E-state index in [0.29, 0.717) is 23.5 Å². The summed E-state index contributed by atoms with van der Waals surface area (Å²) in [5.41, 5.74) is 0.588. The van der Waals surface area contributed by atoms with Gasteiger partial charge in [0, 0.05) is 0 Å². The highest BCUT2D eigenvalue weighted by atomic mass is 79.9. The Morgan fingerprint density at radius 3 is 2.62 bits per heavy atom. The molecule has 0 aliphatic carbocycles. The summed E-state index contributed by atoms with van der Waals surface area (Å²) in [6, 6.07) is 0. The summed E-state index contributed by atoms with van der Waals surface area (Å²) in [6.07, 6.45) is 0.646. The molecule has 0 spiro atoms. The molecule has 0 aliphatic rings. The van der Waals surface area contributed by atoms with Crippen molar-refractivity contribution in [3.8, 4) is 11.6 Å². The van der Waals surface area contributed by atoms with Crippen LogP contribution >= 0.6 is 15.9 Å². The van der Waals surface area contributed by atoms with Crippen molar-refractivity contribution in [2.24, 2.45) is 0 Å². The van der Waals surface area contributed by atoms with Crippen LogP contribution in [0, 0.1) is 0 Å². The Labute approximate surface area is 85.1 Å². The molecule has 1 rings (SSSR count). The fourth-order valence-electron chi connectivity index (χ4n) is 0.933. The van der Waals surface area contributed by atoms with Crippen LogP contribution in [0.15, 0.2) is 4.73 Å². The Balaban J connectivity index is 3.11. The SMILES string of the molecule is CCOc1nc(Br)nc(CC)c1O. The highest BCUT2D eigenvalue weighted by Crippen LogP contribution is 2.28. The van der Waals surface area contributed by atoms with E-state index >= 15 is 0 Å². The normalized spacial score (nSPS) is 10.1. The van der Waals surface area contributed by atoms with Crippen LogP contribution < -0.4 is 4.74 Å². The number of hydrogen-bond donors (Lipinski definition) is 1. The molecule has 1 aromatic heterocycles. The minimum atomic E-state index is 0.0348. The van der Waals surface area contributed by atoms with Gasteiger partial charge < -0.3 is 9.84 Å². The second kappa shape index (κ2) is 4.41. The van der Waals surface area contributed by atoms with Crippen molar-refractivity contribution in [3.05, 3.63) is 10.4 Å². The van der Waals surface area contributed by atoms with Crippen molar-refractivity contribution in [2.45, 2.75) is 20.3 Å². The van der Waals surface area contributed by atoms with Gasteiger partial charge in [-0.3, -0.25) is 0 Å². The topological polar surface area (TPSA) is 55.2 Å². The van der Waals surface area contributed by atoms with Crippen molar-refractivity contribution < 1.29 is 9.84 Å². The van der Waals surface area contributed by atoms with Crippen LogP contribution in [0.4, 0.5) is 0 Å². The molecular formula is C8H11BrN2O2. The van der Waals surface area contributed by atoms with Gasteiger partial charge in [-0.1, -0.05) is 6.92 Å². The molecule has 1 N–H and O–H groups in total. The molecule has 13 heavy (non-hydrogen) atoms. The molecule has 0 saturated carbocycles. The number of aryl methyl sites for hydroxylation is 1. The lowest BCUT2D eigenvalue weighted by Crippen LogP contribution is -1.99. The fourth-order valence-corrected chi connectivity index (χ4v) is 1.31. The van der Waals surface area contributed by atoms with Gasteiger partial charge in [0.15, 0.2) is 4.73 Å². The van der Waals surface area contributed by atoms with Gasteiger partial charge >= 0.3 is 0 Å². The molecule has 1 heterocycles. The summed E-state index contributed by atoms with van der Waals surface area (Å²) in [5, 5.41) is 9.57. The van der Waals surface area contributed by atoms with E-state index in [1.165, 1.54) is 0 Å². The van der Waals surface area contributed by atoms with Crippen molar-refractivity contribution in [2.75, 3.05) is 6.61 Å². The molecule has 0 bridgehead atoms. The molecule has 0 atom stereocenters. The first-order chi connectivity index (χ1) is 6.19. The maximum Gasteiger partial charge on any atom is 0.261 e. The molecule has 0 amide bonds.